The number of carbonyl (C=O) groups excluding carboxylic acids is 1. The molecular weight excluding hydrogens is 344 g/mol. The molecule has 3 nitrogen and oxygen atoms in total. The van der Waals surface area contributed by atoms with Gasteiger partial charge in [0.25, 0.3) is 5.91 Å². The van der Waals surface area contributed by atoms with Gasteiger partial charge >= 0.3 is 0 Å². The average Bonchev–Trinajstić information content (AvgIpc) is 2.62. The van der Waals surface area contributed by atoms with E-state index in [1.165, 1.54) is 43.2 Å². The number of amides is 1. The van der Waals surface area contributed by atoms with Crippen molar-refractivity contribution in [3.05, 3.63) is 35.4 Å². The monoisotopic (exact) mass is 380 g/mol. The van der Waals surface area contributed by atoms with Gasteiger partial charge in [0.15, 0.2) is 0 Å². The largest absolute Gasteiger partial charge is 0.271 e. The minimum absolute atomic E-state index is 0.178. The van der Waals surface area contributed by atoms with Crippen LogP contribution in [0.2, 0.25) is 0 Å². The molecular formula is C25H36N2O. The fourth-order valence-electron chi connectivity index (χ4n) is 6.87. The quantitative estimate of drug-likeness (QED) is 0.724. The highest BCUT2D eigenvalue weighted by Crippen LogP contribution is 2.57. The third-order valence-corrected chi connectivity index (χ3v) is 8.25. The van der Waals surface area contributed by atoms with Crippen molar-refractivity contribution >= 4 is 5.91 Å². The van der Waals surface area contributed by atoms with Crippen LogP contribution in [-0.2, 0) is 16.8 Å². The zero-order chi connectivity index (χ0) is 19.8. The summed E-state index contributed by atoms with van der Waals surface area (Å²) in [6, 6.07) is 9.50. The van der Waals surface area contributed by atoms with E-state index in [2.05, 4.69) is 68.9 Å². The van der Waals surface area contributed by atoms with Crippen LogP contribution >= 0.6 is 0 Å². The fourth-order valence-corrected chi connectivity index (χ4v) is 6.87. The van der Waals surface area contributed by atoms with Gasteiger partial charge < -0.3 is 0 Å². The van der Waals surface area contributed by atoms with E-state index in [1.54, 1.807) is 0 Å². The Kier molecular flexibility index (Phi) is 4.05. The van der Waals surface area contributed by atoms with E-state index in [4.69, 9.17) is 0 Å². The maximum atomic E-state index is 13.2. The third kappa shape index (κ3) is 2.76. The van der Waals surface area contributed by atoms with Gasteiger partial charge in [-0.2, -0.15) is 5.01 Å². The molecule has 1 aromatic carbocycles. The molecule has 5 aliphatic rings. The second kappa shape index (κ2) is 6.08. The van der Waals surface area contributed by atoms with Crippen molar-refractivity contribution in [2.24, 2.45) is 23.7 Å². The molecule has 0 N–H and O–H groups in total. The van der Waals surface area contributed by atoms with Crippen molar-refractivity contribution in [2.45, 2.75) is 90.3 Å². The minimum atomic E-state index is -0.378. The molecule has 0 unspecified atom stereocenters. The van der Waals surface area contributed by atoms with Crippen LogP contribution in [-0.4, -0.2) is 27.5 Å². The maximum absolute atomic E-state index is 13.2. The first-order valence-electron chi connectivity index (χ1n) is 11.3. The van der Waals surface area contributed by atoms with Gasteiger partial charge in [0, 0.05) is 6.54 Å². The van der Waals surface area contributed by atoms with Crippen LogP contribution in [0, 0.1) is 23.7 Å². The van der Waals surface area contributed by atoms with Gasteiger partial charge in [-0.25, -0.2) is 0 Å². The number of hydrogen-bond donors (Lipinski definition) is 0. The number of nitrogens with zero attached hydrogens (tertiary/aromatic N) is 2. The van der Waals surface area contributed by atoms with E-state index in [-0.39, 0.29) is 11.0 Å². The second-order valence-corrected chi connectivity index (χ2v) is 11.6. The lowest BCUT2D eigenvalue weighted by molar-refractivity contribution is -0.251. The molecule has 5 fully saturated rings. The van der Waals surface area contributed by atoms with Crippen LogP contribution in [0.15, 0.2) is 24.3 Å². The number of carbonyl (C=O) groups is 1. The summed E-state index contributed by atoms with van der Waals surface area (Å²) in [6.07, 6.45) is 6.89. The Bertz CT molecular complexity index is 745. The molecule has 0 atom stereocenters. The summed E-state index contributed by atoms with van der Waals surface area (Å²) < 4.78 is 0. The molecule has 3 heteroatoms. The molecule has 28 heavy (non-hydrogen) atoms. The number of hydrazine groups is 1. The highest BCUT2D eigenvalue weighted by Gasteiger charge is 2.60. The topological polar surface area (TPSA) is 23.6 Å². The summed E-state index contributed by atoms with van der Waals surface area (Å²) in [5.41, 5.74) is 2.48. The van der Waals surface area contributed by atoms with Gasteiger partial charge in [0.1, 0.15) is 5.54 Å². The summed E-state index contributed by atoms with van der Waals surface area (Å²) in [5.74, 6) is 3.71. The zero-order valence-electron chi connectivity index (χ0n) is 18.2. The summed E-state index contributed by atoms with van der Waals surface area (Å²) >= 11 is 0. The third-order valence-electron chi connectivity index (χ3n) is 8.25. The highest BCUT2D eigenvalue weighted by atomic mass is 16.2. The van der Waals surface area contributed by atoms with Crippen molar-refractivity contribution < 1.29 is 4.79 Å². The predicted molar refractivity (Wildman–Crippen MR) is 112 cm³/mol. The van der Waals surface area contributed by atoms with Gasteiger partial charge in [-0.1, -0.05) is 45.0 Å². The minimum Gasteiger partial charge on any atom is -0.271 e. The normalized spacial score (nSPS) is 36.7. The predicted octanol–water partition coefficient (Wildman–Crippen LogP) is 5.15. The molecule has 0 aromatic heterocycles. The highest BCUT2D eigenvalue weighted by molar-refractivity contribution is 5.90. The Hall–Kier alpha value is -1.35. The molecule has 0 radical (unpaired) electrons. The molecule has 0 spiro atoms. The van der Waals surface area contributed by atoms with Crippen molar-refractivity contribution in [1.82, 2.24) is 10.0 Å². The van der Waals surface area contributed by atoms with Crippen molar-refractivity contribution in [1.29, 1.82) is 0 Å². The van der Waals surface area contributed by atoms with Gasteiger partial charge in [-0.15, -0.1) is 0 Å². The van der Waals surface area contributed by atoms with E-state index in [0.717, 1.165) is 30.2 Å². The Morgan fingerprint density at radius 3 is 1.96 bits per heavy atom. The summed E-state index contributed by atoms with van der Waals surface area (Å²) in [4.78, 5) is 13.2. The van der Waals surface area contributed by atoms with Crippen LogP contribution in [0.3, 0.4) is 0 Å². The summed E-state index contributed by atoms with van der Waals surface area (Å²) in [6.45, 7) is 11.8. The van der Waals surface area contributed by atoms with Crippen molar-refractivity contribution in [2.75, 3.05) is 0 Å². The maximum Gasteiger partial charge on any atom is 0.258 e. The first kappa shape index (κ1) is 18.7. The van der Waals surface area contributed by atoms with Gasteiger partial charge in [0.05, 0.1) is 6.04 Å². The number of benzene rings is 1. The summed E-state index contributed by atoms with van der Waals surface area (Å²) in [5, 5.41) is 4.60. The standard InChI is InChI=1S/C25H36N2O/c1-24(2,3)21-8-6-16(7-9-21)15-26-25(4,5)23(28)27(26)22-19-11-17-10-18(13-19)14-20(22)12-17/h6-9,17-20,22H,10-15H2,1-5H3. The van der Waals surface area contributed by atoms with E-state index in [0.29, 0.717) is 11.9 Å². The molecule has 4 aliphatic carbocycles. The molecule has 4 saturated carbocycles. The Balaban J connectivity index is 1.38. The zero-order valence-corrected chi connectivity index (χ0v) is 18.2. The smallest absolute Gasteiger partial charge is 0.258 e. The van der Waals surface area contributed by atoms with Crippen LogP contribution < -0.4 is 0 Å². The molecule has 1 aliphatic heterocycles. The number of rotatable bonds is 3. The molecule has 1 amide bonds. The number of hydrogen-bond acceptors (Lipinski definition) is 2. The molecule has 152 valence electrons. The van der Waals surface area contributed by atoms with E-state index < -0.39 is 0 Å². The Morgan fingerprint density at radius 2 is 1.46 bits per heavy atom. The van der Waals surface area contributed by atoms with Crippen LogP contribution in [0.25, 0.3) is 0 Å². The first-order chi connectivity index (χ1) is 13.1. The second-order valence-electron chi connectivity index (χ2n) is 11.6. The lowest BCUT2D eigenvalue weighted by Gasteiger charge is -2.65. The Labute approximate surface area is 170 Å². The van der Waals surface area contributed by atoms with Crippen LogP contribution in [0.1, 0.15) is 77.8 Å². The van der Waals surface area contributed by atoms with Gasteiger partial charge in [-0.05, 0) is 86.2 Å². The fraction of sp³-hybridized carbons (Fsp3) is 0.720. The van der Waals surface area contributed by atoms with Crippen LogP contribution in [0.5, 0.6) is 0 Å². The van der Waals surface area contributed by atoms with Crippen molar-refractivity contribution in [3.63, 3.8) is 0 Å². The molecule has 1 heterocycles. The van der Waals surface area contributed by atoms with E-state index in [1.807, 2.05) is 0 Å². The van der Waals surface area contributed by atoms with E-state index >= 15 is 0 Å². The first-order valence-corrected chi connectivity index (χ1v) is 11.3. The lowest BCUT2D eigenvalue weighted by Crippen LogP contribution is -2.79. The Morgan fingerprint density at radius 1 is 0.929 bits per heavy atom. The molecule has 1 aromatic rings. The molecule has 6 rings (SSSR count). The molecule has 1 saturated heterocycles. The molecule has 4 bridgehead atoms. The SMILES string of the molecule is CC(C)(C)c1ccc(CN2N(C3C4CC5CC(C4)CC3C5)C(=O)C2(C)C)cc1. The van der Waals surface area contributed by atoms with Crippen molar-refractivity contribution in [3.8, 4) is 0 Å². The average molecular weight is 381 g/mol. The lowest BCUT2D eigenvalue weighted by atomic mass is 9.53. The summed E-state index contributed by atoms with van der Waals surface area (Å²) in [7, 11) is 0. The van der Waals surface area contributed by atoms with Gasteiger partial charge in [-0.3, -0.25) is 9.80 Å². The van der Waals surface area contributed by atoms with Crippen LogP contribution in [0.4, 0.5) is 0 Å². The van der Waals surface area contributed by atoms with Gasteiger partial charge in [0.2, 0.25) is 0 Å². The van der Waals surface area contributed by atoms with E-state index in [9.17, 15) is 4.79 Å².